The van der Waals surface area contributed by atoms with E-state index in [2.05, 4.69) is 45.5 Å². The smallest absolute Gasteiger partial charge is 0.189 e. The van der Waals surface area contributed by atoms with Crippen LogP contribution in [0.3, 0.4) is 0 Å². The van der Waals surface area contributed by atoms with Crippen molar-refractivity contribution in [3.63, 3.8) is 0 Å². The molecule has 4 nitrogen and oxygen atoms in total. The fourth-order valence-corrected chi connectivity index (χ4v) is 3.04. The summed E-state index contributed by atoms with van der Waals surface area (Å²) in [6.07, 6.45) is 6.03. The quantitative estimate of drug-likeness (QED) is 0.453. The third kappa shape index (κ3) is 5.12. The predicted octanol–water partition coefficient (Wildman–Crippen LogP) is 2.73. The number of likely N-dealkylation sites (tertiary alicyclic amines) is 1. The Hall–Kier alpha value is -0.820. The van der Waals surface area contributed by atoms with Gasteiger partial charge >= 0.3 is 0 Å². The number of halogens is 1. The summed E-state index contributed by atoms with van der Waals surface area (Å²) >= 11 is 0. The molecule has 2 aliphatic rings. The molecule has 3 rings (SSSR count). The van der Waals surface area contributed by atoms with Crippen molar-refractivity contribution in [3.8, 4) is 0 Å². The van der Waals surface area contributed by atoms with E-state index < -0.39 is 0 Å². The Morgan fingerprint density at radius 2 is 1.82 bits per heavy atom. The van der Waals surface area contributed by atoms with Crippen molar-refractivity contribution in [1.29, 1.82) is 0 Å². The van der Waals surface area contributed by atoms with E-state index in [4.69, 9.17) is 5.73 Å². The van der Waals surface area contributed by atoms with Gasteiger partial charge in [0.15, 0.2) is 5.96 Å². The van der Waals surface area contributed by atoms with Crippen LogP contribution in [0.2, 0.25) is 0 Å². The van der Waals surface area contributed by atoms with Gasteiger partial charge in [-0.25, -0.2) is 0 Å². The van der Waals surface area contributed by atoms with Crippen LogP contribution in [0, 0.1) is 0 Å². The number of nitrogens with zero attached hydrogens (tertiary/aromatic N) is 2. The summed E-state index contributed by atoms with van der Waals surface area (Å²) in [6.45, 7) is 3.27. The maximum atomic E-state index is 6.00. The molecule has 1 aromatic rings. The molecule has 0 bridgehead atoms. The van der Waals surface area contributed by atoms with Crippen molar-refractivity contribution in [1.82, 2.24) is 10.2 Å². The molecule has 122 valence electrons. The highest BCUT2D eigenvalue weighted by molar-refractivity contribution is 14.0. The Bertz CT molecular complexity index is 465. The van der Waals surface area contributed by atoms with Crippen LogP contribution in [0.15, 0.2) is 35.3 Å². The Morgan fingerprint density at radius 3 is 2.41 bits per heavy atom. The van der Waals surface area contributed by atoms with E-state index in [1.807, 2.05) is 0 Å². The largest absolute Gasteiger partial charge is 0.370 e. The third-order valence-corrected chi connectivity index (χ3v) is 4.58. The maximum Gasteiger partial charge on any atom is 0.189 e. The zero-order chi connectivity index (χ0) is 14.5. The van der Waals surface area contributed by atoms with E-state index in [9.17, 15) is 0 Å². The van der Waals surface area contributed by atoms with E-state index in [1.165, 1.54) is 24.8 Å². The lowest BCUT2D eigenvalue weighted by molar-refractivity contribution is 0.206. The molecular weight excluding hydrogens is 387 g/mol. The first-order valence-electron chi connectivity index (χ1n) is 8.16. The number of piperidine rings is 1. The van der Waals surface area contributed by atoms with Gasteiger partial charge in [0.1, 0.15) is 0 Å². The highest BCUT2D eigenvalue weighted by Gasteiger charge is 2.21. The molecule has 22 heavy (non-hydrogen) atoms. The van der Waals surface area contributed by atoms with Gasteiger partial charge in [-0.05, 0) is 37.7 Å². The molecule has 1 heterocycles. The summed E-state index contributed by atoms with van der Waals surface area (Å²) in [6, 6.07) is 11.7. The molecule has 2 fully saturated rings. The third-order valence-electron chi connectivity index (χ3n) is 4.58. The first-order valence-corrected chi connectivity index (χ1v) is 8.16. The summed E-state index contributed by atoms with van der Waals surface area (Å²) in [5.41, 5.74) is 7.39. The van der Waals surface area contributed by atoms with Crippen LogP contribution in [0.4, 0.5) is 0 Å². The topological polar surface area (TPSA) is 53.6 Å². The van der Waals surface area contributed by atoms with Gasteiger partial charge < -0.3 is 11.1 Å². The fraction of sp³-hybridized carbons (Fsp3) is 0.588. The summed E-state index contributed by atoms with van der Waals surface area (Å²) in [7, 11) is 0. The molecule has 0 aromatic heterocycles. The summed E-state index contributed by atoms with van der Waals surface area (Å²) in [5.74, 6) is 0.654. The van der Waals surface area contributed by atoms with Gasteiger partial charge in [-0.1, -0.05) is 30.3 Å². The van der Waals surface area contributed by atoms with E-state index >= 15 is 0 Å². The van der Waals surface area contributed by atoms with Gasteiger partial charge in [-0.15, -0.1) is 24.0 Å². The number of hydrogen-bond donors (Lipinski definition) is 2. The molecule has 0 spiro atoms. The molecule has 3 N–H and O–H groups in total. The average molecular weight is 414 g/mol. The summed E-state index contributed by atoms with van der Waals surface area (Å²) in [5, 5.41) is 3.33. The molecule has 0 amide bonds. The average Bonchev–Trinajstić information content (AvgIpc) is 2.46. The second-order valence-corrected chi connectivity index (χ2v) is 6.28. The molecule has 1 aliphatic heterocycles. The lowest BCUT2D eigenvalue weighted by atomic mass is 9.93. The first kappa shape index (κ1) is 17.5. The molecule has 0 radical (unpaired) electrons. The van der Waals surface area contributed by atoms with Crippen LogP contribution in [-0.2, 0) is 6.54 Å². The Kier molecular flexibility index (Phi) is 6.95. The molecular formula is C17H27IN4. The minimum absolute atomic E-state index is 0. The number of nitrogens with two attached hydrogens (primary N) is 1. The van der Waals surface area contributed by atoms with Crippen molar-refractivity contribution in [2.75, 3.05) is 13.1 Å². The summed E-state index contributed by atoms with van der Waals surface area (Å²) in [4.78, 5) is 7.17. The van der Waals surface area contributed by atoms with Gasteiger partial charge in [0.2, 0.25) is 0 Å². The van der Waals surface area contributed by atoms with Crippen molar-refractivity contribution in [3.05, 3.63) is 35.9 Å². The lowest BCUT2D eigenvalue weighted by Gasteiger charge is -2.31. The minimum atomic E-state index is 0. The number of aliphatic imine (C=N–C) groups is 1. The first-order chi connectivity index (χ1) is 10.3. The fourth-order valence-electron chi connectivity index (χ4n) is 3.04. The van der Waals surface area contributed by atoms with Crippen molar-refractivity contribution in [2.45, 2.75) is 50.7 Å². The van der Waals surface area contributed by atoms with Crippen molar-refractivity contribution in [2.24, 2.45) is 10.7 Å². The Balaban J connectivity index is 0.00000176. The molecule has 1 saturated carbocycles. The van der Waals surface area contributed by atoms with Gasteiger partial charge in [-0.3, -0.25) is 9.89 Å². The highest BCUT2D eigenvalue weighted by Crippen LogP contribution is 2.19. The summed E-state index contributed by atoms with van der Waals surface area (Å²) < 4.78 is 0. The maximum absolute atomic E-state index is 6.00. The Morgan fingerprint density at radius 1 is 1.14 bits per heavy atom. The molecule has 1 aliphatic carbocycles. The number of benzene rings is 1. The molecule has 1 aromatic carbocycles. The van der Waals surface area contributed by atoms with Crippen molar-refractivity contribution >= 4 is 29.9 Å². The van der Waals surface area contributed by atoms with Crippen LogP contribution in [0.5, 0.6) is 0 Å². The zero-order valence-electron chi connectivity index (χ0n) is 13.1. The normalized spacial score (nSPS) is 21.0. The Labute approximate surface area is 150 Å². The van der Waals surface area contributed by atoms with Crippen LogP contribution in [-0.4, -0.2) is 36.0 Å². The monoisotopic (exact) mass is 414 g/mol. The molecule has 0 atom stereocenters. The van der Waals surface area contributed by atoms with Gasteiger partial charge in [-0.2, -0.15) is 0 Å². The highest BCUT2D eigenvalue weighted by atomic mass is 127. The molecule has 0 unspecified atom stereocenters. The van der Waals surface area contributed by atoms with E-state index in [-0.39, 0.29) is 24.0 Å². The van der Waals surface area contributed by atoms with E-state index in [1.54, 1.807) is 0 Å². The number of nitrogens with one attached hydrogen (secondary N) is 1. The standard InChI is InChI=1S/C17H26N4.HI/c18-17(19-15-7-4-8-15)20-16-9-11-21(12-10-16)13-14-5-2-1-3-6-14;/h1-3,5-6,15-16H,4,7-13H2,(H3,18,19,20);1H. The van der Waals surface area contributed by atoms with Crippen molar-refractivity contribution < 1.29 is 0 Å². The predicted molar refractivity (Wildman–Crippen MR) is 103 cm³/mol. The second kappa shape index (κ2) is 8.72. The minimum Gasteiger partial charge on any atom is -0.370 e. The van der Waals surface area contributed by atoms with Gasteiger partial charge in [0.25, 0.3) is 0 Å². The number of hydrogen-bond acceptors (Lipinski definition) is 2. The van der Waals surface area contributed by atoms with Gasteiger partial charge in [0, 0.05) is 25.7 Å². The molecule has 5 heteroatoms. The SMILES string of the molecule is I.NC(=NC1CCN(Cc2ccccc2)CC1)NC1CCC1. The second-order valence-electron chi connectivity index (χ2n) is 6.28. The van der Waals surface area contributed by atoms with Crippen LogP contribution >= 0.6 is 24.0 Å². The van der Waals surface area contributed by atoms with Crippen LogP contribution in [0.1, 0.15) is 37.7 Å². The number of guanidine groups is 1. The van der Waals surface area contributed by atoms with E-state index in [0.717, 1.165) is 32.5 Å². The van der Waals surface area contributed by atoms with E-state index in [0.29, 0.717) is 18.0 Å². The van der Waals surface area contributed by atoms with Crippen LogP contribution < -0.4 is 11.1 Å². The number of rotatable bonds is 4. The van der Waals surface area contributed by atoms with Gasteiger partial charge in [0.05, 0.1) is 6.04 Å². The lowest BCUT2D eigenvalue weighted by Crippen LogP contribution is -2.45. The molecule has 1 saturated heterocycles. The zero-order valence-corrected chi connectivity index (χ0v) is 15.4. The van der Waals surface area contributed by atoms with Crippen LogP contribution in [0.25, 0.3) is 0 Å².